The SMILES string of the molecule is Cc1ncc([N+](=O)[O-])n1CCn1cc(CN2CCN(C3CCCCC3)CC2)nn1. The second kappa shape index (κ2) is 9.00. The van der Waals surface area contributed by atoms with Crippen LogP contribution in [0.2, 0.25) is 0 Å². The van der Waals surface area contributed by atoms with Crippen LogP contribution in [-0.2, 0) is 19.6 Å². The summed E-state index contributed by atoms with van der Waals surface area (Å²) in [6.45, 7) is 7.99. The lowest BCUT2D eigenvalue weighted by molar-refractivity contribution is -0.392. The highest BCUT2D eigenvalue weighted by Gasteiger charge is 2.25. The van der Waals surface area contributed by atoms with Crippen LogP contribution in [0.1, 0.15) is 43.6 Å². The molecular formula is C19H30N8O2. The van der Waals surface area contributed by atoms with E-state index in [-0.39, 0.29) is 5.82 Å². The van der Waals surface area contributed by atoms with Gasteiger partial charge < -0.3 is 10.1 Å². The molecule has 0 N–H and O–H groups in total. The van der Waals surface area contributed by atoms with Crippen LogP contribution in [-0.4, -0.2) is 71.5 Å². The van der Waals surface area contributed by atoms with Gasteiger partial charge in [0.2, 0.25) is 0 Å². The van der Waals surface area contributed by atoms with E-state index in [2.05, 4.69) is 25.1 Å². The average molecular weight is 403 g/mol. The van der Waals surface area contributed by atoms with E-state index in [0.717, 1.165) is 44.5 Å². The molecular weight excluding hydrogens is 372 g/mol. The zero-order valence-corrected chi connectivity index (χ0v) is 17.1. The fourth-order valence-corrected chi connectivity index (χ4v) is 4.56. The fourth-order valence-electron chi connectivity index (χ4n) is 4.56. The smallest absolute Gasteiger partial charge is 0.342 e. The Morgan fingerprint density at radius 3 is 2.62 bits per heavy atom. The van der Waals surface area contributed by atoms with Crippen molar-refractivity contribution in [3.63, 3.8) is 0 Å². The Morgan fingerprint density at radius 2 is 1.90 bits per heavy atom. The van der Waals surface area contributed by atoms with Crippen molar-refractivity contribution in [1.29, 1.82) is 0 Å². The molecule has 0 aromatic carbocycles. The van der Waals surface area contributed by atoms with Crippen LogP contribution < -0.4 is 0 Å². The lowest BCUT2D eigenvalue weighted by atomic mass is 9.94. The van der Waals surface area contributed by atoms with Crippen LogP contribution in [0, 0.1) is 17.0 Å². The van der Waals surface area contributed by atoms with Gasteiger partial charge in [-0.3, -0.25) is 9.80 Å². The van der Waals surface area contributed by atoms with E-state index >= 15 is 0 Å². The molecule has 0 spiro atoms. The van der Waals surface area contributed by atoms with Crippen LogP contribution in [0.3, 0.4) is 0 Å². The fraction of sp³-hybridized carbons (Fsp3) is 0.737. The summed E-state index contributed by atoms with van der Waals surface area (Å²) in [5, 5.41) is 19.6. The standard InChI is InChI=1S/C19H30N8O2/c1-16-20-13-19(27(28)29)26(16)12-11-25-15-17(21-22-25)14-23-7-9-24(10-8-23)18-5-3-2-4-6-18/h13,15,18H,2-12,14H2,1H3. The maximum absolute atomic E-state index is 11.1. The minimum absolute atomic E-state index is 0.0127. The van der Waals surface area contributed by atoms with Crippen molar-refractivity contribution in [3.05, 3.63) is 34.0 Å². The third kappa shape index (κ3) is 4.81. The zero-order chi connectivity index (χ0) is 20.2. The van der Waals surface area contributed by atoms with Gasteiger partial charge in [0.05, 0.1) is 12.2 Å². The highest BCUT2D eigenvalue weighted by atomic mass is 16.6. The molecule has 4 rings (SSSR count). The molecule has 3 heterocycles. The lowest BCUT2D eigenvalue weighted by Gasteiger charge is -2.40. The number of nitro groups is 1. The topological polar surface area (TPSA) is 98.1 Å². The highest BCUT2D eigenvalue weighted by Crippen LogP contribution is 2.23. The summed E-state index contributed by atoms with van der Waals surface area (Å²) in [4.78, 5) is 19.8. The third-order valence-corrected chi connectivity index (χ3v) is 6.24. The minimum atomic E-state index is -0.403. The molecule has 158 valence electrons. The van der Waals surface area contributed by atoms with Crippen molar-refractivity contribution in [2.24, 2.45) is 0 Å². The van der Waals surface area contributed by atoms with Crippen molar-refractivity contribution >= 4 is 5.82 Å². The van der Waals surface area contributed by atoms with Crippen LogP contribution in [0.25, 0.3) is 0 Å². The largest absolute Gasteiger partial charge is 0.358 e. The molecule has 2 fully saturated rings. The van der Waals surface area contributed by atoms with Crippen LogP contribution >= 0.6 is 0 Å². The molecule has 1 aliphatic carbocycles. The quantitative estimate of drug-likeness (QED) is 0.515. The summed E-state index contributed by atoms with van der Waals surface area (Å²) in [6, 6.07) is 0.794. The van der Waals surface area contributed by atoms with Gasteiger partial charge in [-0.2, -0.15) is 0 Å². The summed E-state index contributed by atoms with van der Waals surface area (Å²) >= 11 is 0. The van der Waals surface area contributed by atoms with E-state index in [4.69, 9.17) is 0 Å². The molecule has 10 nitrogen and oxygen atoms in total. The predicted octanol–water partition coefficient (Wildman–Crippen LogP) is 1.84. The first-order valence-electron chi connectivity index (χ1n) is 10.6. The Labute approximate surface area is 170 Å². The van der Waals surface area contributed by atoms with Gasteiger partial charge >= 0.3 is 5.82 Å². The van der Waals surface area contributed by atoms with Gasteiger partial charge in [0.15, 0.2) is 5.82 Å². The number of aryl methyl sites for hydroxylation is 2. The maximum atomic E-state index is 11.1. The molecule has 29 heavy (non-hydrogen) atoms. The van der Waals surface area contributed by atoms with Crippen molar-refractivity contribution in [2.45, 2.75) is 64.7 Å². The number of hydrogen-bond donors (Lipinski definition) is 0. The third-order valence-electron chi connectivity index (χ3n) is 6.24. The number of hydrogen-bond acceptors (Lipinski definition) is 7. The summed E-state index contributed by atoms with van der Waals surface area (Å²) in [5.41, 5.74) is 0.952. The Bertz CT molecular complexity index is 818. The maximum Gasteiger partial charge on any atom is 0.342 e. The van der Waals surface area contributed by atoms with Gasteiger partial charge in [-0.15, -0.1) is 5.10 Å². The van der Waals surface area contributed by atoms with Crippen LogP contribution in [0.5, 0.6) is 0 Å². The van der Waals surface area contributed by atoms with Gasteiger partial charge in [-0.1, -0.05) is 24.5 Å². The first-order chi connectivity index (χ1) is 14.1. The van der Waals surface area contributed by atoms with Gasteiger partial charge in [-0.25, -0.2) is 14.2 Å². The van der Waals surface area contributed by atoms with Crippen molar-refractivity contribution in [2.75, 3.05) is 26.2 Å². The summed E-state index contributed by atoms with van der Waals surface area (Å²) in [5.74, 6) is 0.645. The van der Waals surface area contributed by atoms with Crippen LogP contribution in [0.4, 0.5) is 5.82 Å². The van der Waals surface area contributed by atoms with Gasteiger partial charge in [-0.05, 0) is 17.8 Å². The second-order valence-electron chi connectivity index (χ2n) is 8.15. The van der Waals surface area contributed by atoms with E-state index in [1.165, 1.54) is 38.3 Å². The minimum Gasteiger partial charge on any atom is -0.358 e. The number of rotatable bonds is 7. The molecule has 0 unspecified atom stereocenters. The molecule has 0 atom stereocenters. The number of aromatic nitrogens is 5. The van der Waals surface area contributed by atoms with E-state index in [1.807, 2.05) is 6.20 Å². The number of nitrogens with zero attached hydrogens (tertiary/aromatic N) is 8. The van der Waals surface area contributed by atoms with Gasteiger partial charge in [0.25, 0.3) is 0 Å². The Hall–Kier alpha value is -2.33. The Morgan fingerprint density at radius 1 is 1.14 bits per heavy atom. The number of imidazole rings is 1. The molecule has 0 radical (unpaired) electrons. The van der Waals surface area contributed by atoms with E-state index < -0.39 is 4.92 Å². The molecule has 2 aliphatic rings. The summed E-state index contributed by atoms with van der Waals surface area (Å²) in [7, 11) is 0. The van der Waals surface area contributed by atoms with Crippen molar-refractivity contribution in [1.82, 2.24) is 34.3 Å². The summed E-state index contributed by atoms with van der Waals surface area (Å²) in [6.07, 6.45) is 10.2. The Balaban J connectivity index is 1.26. The molecule has 2 aromatic heterocycles. The average Bonchev–Trinajstić information content (AvgIpc) is 3.34. The monoisotopic (exact) mass is 402 g/mol. The molecule has 2 aromatic rings. The summed E-state index contributed by atoms with van der Waals surface area (Å²) < 4.78 is 3.36. The molecule has 1 saturated carbocycles. The first-order valence-corrected chi connectivity index (χ1v) is 10.6. The molecule has 0 amide bonds. The normalized spacial score (nSPS) is 19.6. The first kappa shape index (κ1) is 20.0. The van der Waals surface area contributed by atoms with E-state index in [0.29, 0.717) is 18.9 Å². The zero-order valence-electron chi connectivity index (χ0n) is 17.1. The lowest BCUT2D eigenvalue weighted by Crippen LogP contribution is -2.50. The van der Waals surface area contributed by atoms with Gasteiger partial charge in [0, 0.05) is 51.9 Å². The number of piperazine rings is 1. The van der Waals surface area contributed by atoms with Crippen LogP contribution in [0.15, 0.2) is 12.4 Å². The molecule has 1 saturated heterocycles. The molecule has 0 bridgehead atoms. The predicted molar refractivity (Wildman–Crippen MR) is 107 cm³/mol. The van der Waals surface area contributed by atoms with E-state index in [9.17, 15) is 10.1 Å². The van der Waals surface area contributed by atoms with Crippen molar-refractivity contribution in [3.8, 4) is 0 Å². The second-order valence-corrected chi connectivity index (χ2v) is 8.15. The van der Waals surface area contributed by atoms with E-state index in [1.54, 1.807) is 16.2 Å². The van der Waals surface area contributed by atoms with Crippen molar-refractivity contribution < 1.29 is 4.92 Å². The molecule has 1 aliphatic heterocycles. The van der Waals surface area contributed by atoms with Gasteiger partial charge in [0.1, 0.15) is 12.7 Å². The Kier molecular flexibility index (Phi) is 6.19. The highest BCUT2D eigenvalue weighted by molar-refractivity contribution is 5.18. The molecule has 10 heteroatoms.